The highest BCUT2D eigenvalue weighted by Gasteiger charge is 2.39. The zero-order valence-electron chi connectivity index (χ0n) is 11.7. The minimum absolute atomic E-state index is 0.0362. The van der Waals surface area contributed by atoms with Crippen molar-refractivity contribution in [1.82, 2.24) is 4.98 Å². The van der Waals surface area contributed by atoms with E-state index in [1.54, 1.807) is 20.8 Å². The predicted molar refractivity (Wildman–Crippen MR) is 72.6 cm³/mol. The van der Waals surface area contributed by atoms with Crippen LogP contribution >= 0.6 is 0 Å². The molecule has 1 heterocycles. The average molecular weight is 279 g/mol. The maximum absolute atomic E-state index is 12.3. The van der Waals surface area contributed by atoms with Crippen molar-refractivity contribution in [2.75, 3.05) is 4.90 Å². The molecule has 0 N–H and O–H groups in total. The smallest absolute Gasteiger partial charge is 0.415 e. The Morgan fingerprint density at radius 3 is 2.65 bits per heavy atom. The Morgan fingerprint density at radius 2 is 2.15 bits per heavy atom. The van der Waals surface area contributed by atoms with E-state index in [1.807, 2.05) is 0 Å². The van der Waals surface area contributed by atoms with Crippen LogP contribution in [0.2, 0.25) is 0 Å². The van der Waals surface area contributed by atoms with E-state index in [2.05, 4.69) is 4.98 Å². The Morgan fingerprint density at radius 1 is 1.50 bits per heavy atom. The van der Waals surface area contributed by atoms with Crippen LogP contribution < -0.4 is 4.90 Å². The maximum Gasteiger partial charge on any atom is 0.415 e. The van der Waals surface area contributed by atoms with Crippen LogP contribution in [0.5, 0.6) is 0 Å². The second-order valence-corrected chi connectivity index (χ2v) is 5.70. The molecular weight excluding hydrogens is 262 g/mol. The number of nitro groups is 1. The molecule has 0 bridgehead atoms. The maximum atomic E-state index is 12.3. The fourth-order valence-electron chi connectivity index (χ4n) is 1.81. The highest BCUT2D eigenvalue weighted by atomic mass is 16.6. The van der Waals surface area contributed by atoms with Crippen molar-refractivity contribution in [3.63, 3.8) is 0 Å². The van der Waals surface area contributed by atoms with Gasteiger partial charge in [0, 0.05) is 12.2 Å². The molecule has 0 spiro atoms. The summed E-state index contributed by atoms with van der Waals surface area (Å²) in [6.45, 7) is 5.28. The van der Waals surface area contributed by atoms with Crippen LogP contribution in [0.4, 0.5) is 16.2 Å². The second-order valence-electron chi connectivity index (χ2n) is 5.70. The van der Waals surface area contributed by atoms with Gasteiger partial charge in [0.2, 0.25) is 0 Å². The van der Waals surface area contributed by atoms with E-state index in [1.165, 1.54) is 17.2 Å². The van der Waals surface area contributed by atoms with E-state index in [-0.39, 0.29) is 17.4 Å². The lowest BCUT2D eigenvalue weighted by atomic mass is 10.2. The van der Waals surface area contributed by atoms with Gasteiger partial charge in [0.25, 0.3) is 0 Å². The molecular formula is C13H17N3O4. The zero-order chi connectivity index (χ0) is 14.9. The van der Waals surface area contributed by atoms with E-state index < -0.39 is 16.6 Å². The SMILES string of the molecule is CC(C)(C)OC(=O)N(c1ccncc1[N+](=O)[O-])C1CC1. The first-order valence-corrected chi connectivity index (χ1v) is 6.40. The Bertz CT molecular complexity index is 535. The van der Waals surface area contributed by atoms with E-state index in [0.717, 1.165) is 19.0 Å². The molecule has 1 aliphatic rings. The van der Waals surface area contributed by atoms with Crippen molar-refractivity contribution in [2.24, 2.45) is 0 Å². The number of carbonyl (C=O) groups is 1. The van der Waals surface area contributed by atoms with Crippen LogP contribution in [0.25, 0.3) is 0 Å². The zero-order valence-corrected chi connectivity index (χ0v) is 11.7. The Balaban J connectivity index is 2.35. The summed E-state index contributed by atoms with van der Waals surface area (Å²) in [7, 11) is 0. The normalized spacial score (nSPS) is 14.8. The first-order chi connectivity index (χ1) is 9.29. The van der Waals surface area contributed by atoms with Crippen molar-refractivity contribution < 1.29 is 14.5 Å². The number of anilines is 1. The molecule has 2 rings (SSSR count). The summed E-state index contributed by atoms with van der Waals surface area (Å²) >= 11 is 0. The monoisotopic (exact) mass is 279 g/mol. The number of carbonyl (C=O) groups excluding carboxylic acids is 1. The van der Waals surface area contributed by atoms with Crippen LogP contribution in [0.15, 0.2) is 18.5 Å². The highest BCUT2D eigenvalue weighted by molar-refractivity contribution is 5.91. The third-order valence-corrected chi connectivity index (χ3v) is 2.74. The number of hydrogen-bond acceptors (Lipinski definition) is 5. The molecule has 0 aliphatic heterocycles. The molecule has 1 saturated carbocycles. The van der Waals surface area contributed by atoms with E-state index in [9.17, 15) is 14.9 Å². The third kappa shape index (κ3) is 3.23. The molecule has 0 unspecified atom stereocenters. The van der Waals surface area contributed by atoms with Crippen molar-refractivity contribution in [1.29, 1.82) is 0 Å². The predicted octanol–water partition coefficient (Wildman–Crippen LogP) is 2.89. The summed E-state index contributed by atoms with van der Waals surface area (Å²) < 4.78 is 5.33. The van der Waals surface area contributed by atoms with Crippen molar-refractivity contribution in [3.8, 4) is 0 Å². The van der Waals surface area contributed by atoms with Gasteiger partial charge in [-0.15, -0.1) is 0 Å². The van der Waals surface area contributed by atoms with Crippen LogP contribution in [-0.4, -0.2) is 27.6 Å². The molecule has 0 atom stereocenters. The molecule has 1 amide bonds. The van der Waals surface area contributed by atoms with E-state index in [4.69, 9.17) is 4.74 Å². The summed E-state index contributed by atoms with van der Waals surface area (Å²) in [6, 6.07) is 1.44. The lowest BCUT2D eigenvalue weighted by Gasteiger charge is -2.27. The van der Waals surface area contributed by atoms with Gasteiger partial charge in [-0.05, 0) is 39.7 Å². The van der Waals surface area contributed by atoms with Crippen molar-refractivity contribution in [2.45, 2.75) is 45.3 Å². The standard InChI is InChI=1S/C13H17N3O4/c1-13(2,3)20-12(17)15(9-4-5-9)10-6-7-14-8-11(10)16(18)19/h6-9H,4-5H2,1-3H3. The van der Waals surface area contributed by atoms with Gasteiger partial charge in [0.05, 0.1) is 4.92 Å². The second kappa shape index (κ2) is 5.07. The minimum Gasteiger partial charge on any atom is -0.443 e. The Labute approximate surface area is 116 Å². The summed E-state index contributed by atoms with van der Waals surface area (Å²) in [4.78, 5) is 27.9. The lowest BCUT2D eigenvalue weighted by Crippen LogP contribution is -2.38. The largest absolute Gasteiger partial charge is 0.443 e. The highest BCUT2D eigenvalue weighted by Crippen LogP contribution is 2.37. The lowest BCUT2D eigenvalue weighted by molar-refractivity contribution is -0.384. The van der Waals surface area contributed by atoms with Crippen molar-refractivity contribution in [3.05, 3.63) is 28.6 Å². The molecule has 1 aromatic rings. The first-order valence-electron chi connectivity index (χ1n) is 6.40. The molecule has 7 heteroatoms. The number of amides is 1. The topological polar surface area (TPSA) is 85.6 Å². The van der Waals surface area contributed by atoms with Crippen LogP contribution in [0.3, 0.4) is 0 Å². The number of hydrogen-bond donors (Lipinski definition) is 0. The molecule has 0 radical (unpaired) electrons. The van der Waals surface area contributed by atoms with Crippen LogP contribution in [-0.2, 0) is 4.74 Å². The number of aromatic nitrogens is 1. The van der Waals surface area contributed by atoms with Gasteiger partial charge in [-0.3, -0.25) is 20.0 Å². The average Bonchev–Trinajstić information content (AvgIpc) is 3.11. The minimum atomic E-state index is -0.647. The van der Waals surface area contributed by atoms with E-state index in [0.29, 0.717) is 0 Å². The summed E-state index contributed by atoms with van der Waals surface area (Å²) in [6.07, 6.45) is 3.66. The number of ether oxygens (including phenoxy) is 1. The van der Waals surface area contributed by atoms with Crippen LogP contribution in [0.1, 0.15) is 33.6 Å². The molecule has 1 aromatic heterocycles. The fourth-order valence-corrected chi connectivity index (χ4v) is 1.81. The van der Waals surface area contributed by atoms with Gasteiger partial charge in [-0.25, -0.2) is 4.79 Å². The van der Waals surface area contributed by atoms with Gasteiger partial charge in [0.15, 0.2) is 0 Å². The van der Waals surface area contributed by atoms with Gasteiger partial charge in [-0.1, -0.05) is 0 Å². The number of rotatable bonds is 3. The van der Waals surface area contributed by atoms with E-state index >= 15 is 0 Å². The van der Waals surface area contributed by atoms with Gasteiger partial charge in [-0.2, -0.15) is 0 Å². The van der Waals surface area contributed by atoms with Crippen LogP contribution in [0, 0.1) is 10.1 Å². The Hall–Kier alpha value is -2.18. The van der Waals surface area contributed by atoms with Crippen molar-refractivity contribution >= 4 is 17.5 Å². The number of pyridine rings is 1. The van der Waals surface area contributed by atoms with Gasteiger partial charge >= 0.3 is 11.8 Å². The summed E-state index contributed by atoms with van der Waals surface area (Å²) in [5.74, 6) is 0. The molecule has 1 aliphatic carbocycles. The summed E-state index contributed by atoms with van der Waals surface area (Å²) in [5.41, 5.74) is -0.599. The molecule has 108 valence electrons. The first kappa shape index (κ1) is 14.2. The molecule has 0 aromatic carbocycles. The molecule has 20 heavy (non-hydrogen) atoms. The molecule has 1 fully saturated rings. The molecule has 7 nitrogen and oxygen atoms in total. The Kier molecular flexibility index (Phi) is 3.61. The quantitative estimate of drug-likeness (QED) is 0.627. The summed E-state index contributed by atoms with van der Waals surface area (Å²) in [5, 5.41) is 11.1. The van der Waals surface area contributed by atoms with Gasteiger partial charge in [0.1, 0.15) is 17.5 Å². The number of nitrogens with zero attached hydrogens (tertiary/aromatic N) is 3. The molecule has 0 saturated heterocycles. The van der Waals surface area contributed by atoms with Gasteiger partial charge < -0.3 is 4.74 Å². The fraction of sp³-hybridized carbons (Fsp3) is 0.538. The third-order valence-electron chi connectivity index (χ3n) is 2.74.